The number of hydrogen-bond donors (Lipinski definition) is 3. The maximum absolute atomic E-state index is 12.4. The smallest absolute Gasteiger partial charge is 0.494 e. The molecule has 720 valence electrons. The molecule has 12 aromatic rings. The van der Waals surface area contributed by atoms with Crippen LogP contribution in [0.1, 0.15) is 164 Å². The molecule has 0 aliphatic carbocycles. The number of aromatic nitrogens is 6. The predicted molar refractivity (Wildman–Crippen MR) is 513 cm³/mol. The van der Waals surface area contributed by atoms with Crippen LogP contribution in [0.15, 0.2) is 160 Å². The van der Waals surface area contributed by atoms with E-state index < -0.39 is 41.5 Å². The second kappa shape index (κ2) is 46.4. The van der Waals surface area contributed by atoms with Crippen LogP contribution in [0.2, 0.25) is 5.02 Å². The number of hydrogen-bond acceptors (Lipinski definition) is 32. The molecule has 4 saturated heterocycles. The number of nitrogens with one attached hydrogen (secondary N) is 1. The van der Waals surface area contributed by atoms with E-state index in [1.54, 1.807) is 135 Å². The number of likely N-dealkylation sites (tertiary alicyclic amines) is 2. The van der Waals surface area contributed by atoms with E-state index in [0.717, 1.165) is 47.2 Å². The Labute approximate surface area is 804 Å². The summed E-state index contributed by atoms with van der Waals surface area (Å²) >= 11 is 6.09. The van der Waals surface area contributed by atoms with Crippen LogP contribution in [-0.2, 0) is 28.3 Å². The zero-order chi connectivity index (χ0) is 98.7. The highest BCUT2D eigenvalue weighted by molar-refractivity contribution is 6.62. The monoisotopic (exact) mass is 1910 g/mol. The second-order valence-electron chi connectivity index (χ2n) is 34.2. The fourth-order valence-electron chi connectivity index (χ4n) is 14.5. The minimum atomic E-state index is -0.579. The molecule has 4 aliphatic heterocycles. The van der Waals surface area contributed by atoms with E-state index in [1.807, 2.05) is 113 Å². The number of amides is 3. The van der Waals surface area contributed by atoms with Crippen molar-refractivity contribution in [3.8, 4) is 109 Å². The molecule has 0 radical (unpaired) electrons. The number of nitriles is 3. The molecule has 3 N–H and O–H groups in total. The van der Waals surface area contributed by atoms with E-state index in [1.165, 1.54) is 44.8 Å². The van der Waals surface area contributed by atoms with Crippen LogP contribution in [0.25, 0.3) is 89.9 Å². The third-order valence-electron chi connectivity index (χ3n) is 21.7. The van der Waals surface area contributed by atoms with Gasteiger partial charge in [-0.3, -0.25) is 30.3 Å². The van der Waals surface area contributed by atoms with Crippen LogP contribution in [-0.4, -0.2) is 221 Å². The van der Waals surface area contributed by atoms with Gasteiger partial charge in [0, 0.05) is 113 Å². The molecule has 16 rings (SSSR count). The van der Waals surface area contributed by atoms with Crippen molar-refractivity contribution in [2.24, 2.45) is 0 Å². The van der Waals surface area contributed by atoms with Gasteiger partial charge in [0.25, 0.3) is 5.91 Å². The maximum atomic E-state index is 12.4. The third-order valence-corrected chi connectivity index (χ3v) is 22.0. The third kappa shape index (κ3) is 25.5. The number of methoxy groups -OCH3 is 3. The molecule has 0 spiro atoms. The number of furan rings is 3. The molecule has 3 unspecified atom stereocenters. The summed E-state index contributed by atoms with van der Waals surface area (Å²) in [7, 11) is 7.31. The van der Waals surface area contributed by atoms with Gasteiger partial charge in [0.05, 0.1) is 97.2 Å². The number of fused-ring (bicyclic) bond motifs is 3. The Morgan fingerprint density at radius 2 is 0.898 bits per heavy atom. The summed E-state index contributed by atoms with van der Waals surface area (Å²) in [6.07, 6.45) is 10.4. The van der Waals surface area contributed by atoms with Crippen LogP contribution < -0.4 is 39.2 Å². The van der Waals surface area contributed by atoms with E-state index in [9.17, 15) is 39.8 Å². The number of pyridine rings is 6. The number of carbonyl (C=O) groups excluding carboxylic acids is 5. The van der Waals surface area contributed by atoms with E-state index in [-0.39, 0.29) is 67.6 Å². The van der Waals surface area contributed by atoms with Crippen LogP contribution in [0.5, 0.6) is 34.5 Å². The normalized spacial score (nSPS) is 15.4. The minimum Gasteiger partial charge on any atom is -0.494 e. The summed E-state index contributed by atoms with van der Waals surface area (Å²) < 4.78 is 85.8. The first kappa shape index (κ1) is 105. The first-order valence-corrected chi connectivity index (χ1v) is 44.3. The SMILES string of the molecule is CC.CC(C)(C)OC(=O)N1CCC(Oc2ccc(B3OC(C)(C)C(C)(C)O3)cc2C#N)C1.CCOC(=O)c1cnc(-c2cc3nccc(-c4ccc(OC5CCN(C(=O)OC(C)(C)C)C5)c(C#N)c4)c3o2)c(OC)c1.CCOC(=O)c1cnc(-c2cc3nccc(Cl)c3o2)c(OC)c1.COc1cc(C(=O)N(C)C)cnc1-c1cc2nccc(-c3ccc(OC4CCNC4)c(C#N)c3)c2o1.Cl.OO. The lowest BCUT2D eigenvalue weighted by molar-refractivity contribution is -0.176. The molecule has 3 aromatic carbocycles. The van der Waals surface area contributed by atoms with Gasteiger partial charge in [-0.05, 0) is 185 Å². The zero-order valence-electron chi connectivity index (χ0n) is 79.7. The molecular formula is C99H110BCl2N13O22. The van der Waals surface area contributed by atoms with Gasteiger partial charge in [-0.2, -0.15) is 15.8 Å². The van der Waals surface area contributed by atoms with Gasteiger partial charge >= 0.3 is 31.2 Å². The topological polar surface area (TPSA) is 446 Å². The van der Waals surface area contributed by atoms with Gasteiger partial charge in [0.1, 0.15) is 116 Å². The van der Waals surface area contributed by atoms with Crippen LogP contribution in [0.4, 0.5) is 9.59 Å². The van der Waals surface area contributed by atoms with E-state index in [4.69, 9.17) is 92.0 Å². The lowest BCUT2D eigenvalue weighted by atomic mass is 9.78. The van der Waals surface area contributed by atoms with Crippen LogP contribution >= 0.6 is 24.0 Å². The predicted octanol–water partition coefficient (Wildman–Crippen LogP) is 18.3. The molecule has 35 nitrogen and oxygen atoms in total. The van der Waals surface area contributed by atoms with Crippen molar-refractivity contribution < 1.29 is 104 Å². The number of nitrogens with zero attached hydrogens (tertiary/aromatic N) is 12. The average molecular weight is 1920 g/mol. The lowest BCUT2D eigenvalue weighted by Gasteiger charge is -2.32. The number of rotatable bonds is 20. The van der Waals surface area contributed by atoms with Gasteiger partial charge in [0.2, 0.25) is 0 Å². The summed E-state index contributed by atoms with van der Waals surface area (Å²) in [6.45, 7) is 30.5. The molecule has 0 bridgehead atoms. The van der Waals surface area contributed by atoms with Gasteiger partial charge in [-0.25, -0.2) is 34.1 Å². The number of benzene rings is 3. The number of halogens is 2. The molecule has 3 atom stereocenters. The summed E-state index contributed by atoms with van der Waals surface area (Å²) in [6, 6.07) is 38.2. The Morgan fingerprint density at radius 1 is 0.518 bits per heavy atom. The quantitative estimate of drug-likeness (QED) is 0.0210. The van der Waals surface area contributed by atoms with Gasteiger partial charge in [-0.1, -0.05) is 43.6 Å². The molecule has 13 heterocycles. The van der Waals surface area contributed by atoms with E-state index in [2.05, 4.69) is 53.4 Å². The molecular weight excluding hydrogens is 1800 g/mol. The Morgan fingerprint density at radius 3 is 1.28 bits per heavy atom. The highest BCUT2D eigenvalue weighted by Gasteiger charge is 2.52. The van der Waals surface area contributed by atoms with Gasteiger partial charge in [-0.15, -0.1) is 12.4 Å². The lowest BCUT2D eigenvalue weighted by Crippen LogP contribution is -2.41. The Balaban J connectivity index is 0.000000190. The number of ether oxygens (including phenoxy) is 10. The first-order valence-electron chi connectivity index (χ1n) is 43.9. The summed E-state index contributed by atoms with van der Waals surface area (Å²) in [5.74, 6) is 2.83. The Kier molecular flexibility index (Phi) is 35.5. The summed E-state index contributed by atoms with van der Waals surface area (Å²) in [5.41, 5.74) is 8.70. The largest absolute Gasteiger partial charge is 0.494 e. The zero-order valence-corrected chi connectivity index (χ0v) is 81.2. The average Bonchev–Trinajstić information content (AvgIpc) is 1.60. The van der Waals surface area contributed by atoms with Crippen molar-refractivity contribution in [2.45, 2.75) is 157 Å². The summed E-state index contributed by atoms with van der Waals surface area (Å²) in [4.78, 5) is 91.9. The fraction of sp³-hybridized carbons (Fsp3) is 0.374. The molecule has 0 saturated carbocycles. The minimum absolute atomic E-state index is 0. The first-order chi connectivity index (χ1) is 65.0. The van der Waals surface area contributed by atoms with Gasteiger partial charge < -0.3 is 89.9 Å². The maximum Gasteiger partial charge on any atom is 0.494 e. The highest BCUT2D eigenvalue weighted by atomic mass is 35.5. The number of esters is 2. The van der Waals surface area contributed by atoms with E-state index >= 15 is 0 Å². The second-order valence-corrected chi connectivity index (χ2v) is 34.6. The van der Waals surface area contributed by atoms with Gasteiger partial charge in [0.15, 0.2) is 34.0 Å². The molecule has 9 aromatic heterocycles. The van der Waals surface area contributed by atoms with Crippen LogP contribution in [0, 0.1) is 34.0 Å². The standard InChI is InChI=1S/C32H32N4O7.C27H25N5O4.C22H31BN2O5.C16H13ClN2O4.C2H6.ClH.H2O2/c1-6-40-30(37)21-14-26(39-5)28(35-17-21)27-15-24-29(42-27)23(9-11-34-24)19-7-8-25(20(13-19)16-33)41-22-10-12-36(18-22)31(38)43-32(2,3)4;1-32(2)27(33)18-11-23(34-3)25(31-14-18)24-12-21-26(36-24)20(7-9-30-21)16-4-5-22(17(10-16)13-28)35-19-6-8-29-15-19;1-20(2,3)28-19(26)25-11-10-17(14-25)27-18-9-8-16(12-15(18)13-24)23-29-21(4,5)22(6,7)30-23;1-3-22-16(20)9-6-12(21-2)14(19-8-9)13-7-11-15(23-13)10(17)4-5-18-11;1-2;;1-2/h7-9,11,13-15,17,22H,6,10,12,18H2,1-5H3;4-5,7,9-12,14,19,29H,6,8,15H2,1-3H3;8-9,12,17H,10-11,14H2,1-7H3;4-8H,3H2,1-2H3;1-2H3;1H;1-2H. The van der Waals surface area contributed by atoms with Crippen molar-refractivity contribution in [3.63, 3.8) is 0 Å². The van der Waals surface area contributed by atoms with Crippen molar-refractivity contribution in [3.05, 3.63) is 185 Å². The molecule has 3 amide bonds. The van der Waals surface area contributed by atoms with E-state index in [0.29, 0.717) is 174 Å². The summed E-state index contributed by atoms with van der Waals surface area (Å²) in [5, 5.41) is 45.1. The Bertz CT molecular complexity index is 6430. The molecule has 38 heteroatoms. The van der Waals surface area contributed by atoms with Crippen molar-refractivity contribution in [1.29, 1.82) is 15.8 Å². The molecule has 4 aliphatic rings. The molecule has 4 fully saturated rings. The highest BCUT2D eigenvalue weighted by Crippen LogP contribution is 2.43. The van der Waals surface area contributed by atoms with Crippen molar-refractivity contribution in [2.75, 3.05) is 87.9 Å². The van der Waals surface area contributed by atoms with Crippen LogP contribution in [0.3, 0.4) is 0 Å². The van der Waals surface area contributed by atoms with Crippen molar-refractivity contribution in [1.82, 2.24) is 49.9 Å². The molecule has 137 heavy (non-hydrogen) atoms. The Hall–Kier alpha value is -14.2. The number of carbonyl (C=O) groups is 5. The van der Waals surface area contributed by atoms with Crippen molar-refractivity contribution >= 4 is 99.9 Å². The fourth-order valence-corrected chi connectivity index (χ4v) is 14.7.